The fourth-order valence-corrected chi connectivity index (χ4v) is 2.36. The predicted molar refractivity (Wildman–Crippen MR) is 87.5 cm³/mol. The topological polar surface area (TPSA) is 95.1 Å². The number of alkyl halides is 3. The van der Waals surface area contributed by atoms with Crippen molar-refractivity contribution < 1.29 is 23.1 Å². The van der Waals surface area contributed by atoms with Gasteiger partial charge in [-0.1, -0.05) is 38.5 Å². The van der Waals surface area contributed by atoms with Crippen LogP contribution in [0.25, 0.3) is 0 Å². The lowest BCUT2D eigenvalue weighted by Gasteiger charge is -2.09. The van der Waals surface area contributed by atoms with Gasteiger partial charge in [0.15, 0.2) is 5.69 Å². The van der Waals surface area contributed by atoms with Gasteiger partial charge in [-0.15, -0.1) is 0 Å². The van der Waals surface area contributed by atoms with Crippen LogP contribution in [-0.4, -0.2) is 27.6 Å². The second-order valence-corrected chi connectivity index (χ2v) is 5.88. The molecule has 0 unspecified atom stereocenters. The third-order valence-electron chi connectivity index (χ3n) is 3.64. The summed E-state index contributed by atoms with van der Waals surface area (Å²) in [6.07, 6.45) is 3.01. The molecule has 1 aromatic heterocycles. The van der Waals surface area contributed by atoms with E-state index in [1.807, 2.05) is 0 Å². The third-order valence-corrected chi connectivity index (χ3v) is 3.64. The quantitative estimate of drug-likeness (QED) is 0.491. The number of nitrogens with zero attached hydrogens (tertiary/aromatic N) is 1. The van der Waals surface area contributed by atoms with Gasteiger partial charge >= 0.3 is 12.1 Å². The zero-order chi connectivity index (χ0) is 18.7. The van der Waals surface area contributed by atoms with Crippen LogP contribution >= 0.6 is 0 Å². The summed E-state index contributed by atoms with van der Waals surface area (Å²) in [6.45, 7) is 0.433. The van der Waals surface area contributed by atoms with Gasteiger partial charge in [0, 0.05) is 19.0 Å². The Balaban J connectivity index is 2.11. The van der Waals surface area contributed by atoms with Crippen LogP contribution in [0.3, 0.4) is 0 Å². The maximum absolute atomic E-state index is 12.6. The first-order chi connectivity index (χ1) is 11.8. The Kier molecular flexibility index (Phi) is 9.01. The number of carboxylic acids is 1. The molecule has 6 nitrogen and oxygen atoms in total. The minimum atomic E-state index is -4.64. The zero-order valence-electron chi connectivity index (χ0n) is 14.0. The molecule has 0 saturated carbocycles. The van der Waals surface area contributed by atoms with Gasteiger partial charge in [0.2, 0.25) is 5.95 Å². The number of carbonyl (C=O) groups is 1. The molecule has 1 rings (SSSR count). The van der Waals surface area contributed by atoms with Crippen molar-refractivity contribution in [3.05, 3.63) is 22.1 Å². The lowest BCUT2D eigenvalue weighted by atomic mass is 10.1. The molecule has 0 aliphatic rings. The number of halogens is 3. The van der Waals surface area contributed by atoms with Gasteiger partial charge in [0.1, 0.15) is 0 Å². The highest BCUT2D eigenvalue weighted by Gasteiger charge is 2.33. The first-order valence-corrected chi connectivity index (χ1v) is 8.43. The number of aromatic amines is 1. The molecule has 0 saturated heterocycles. The van der Waals surface area contributed by atoms with Gasteiger partial charge in [-0.2, -0.15) is 13.2 Å². The summed E-state index contributed by atoms with van der Waals surface area (Å²) < 4.78 is 37.7. The van der Waals surface area contributed by atoms with Crippen molar-refractivity contribution in [1.82, 2.24) is 9.97 Å². The van der Waals surface area contributed by atoms with Crippen molar-refractivity contribution in [3.8, 4) is 0 Å². The summed E-state index contributed by atoms with van der Waals surface area (Å²) in [5.74, 6) is -0.928. The van der Waals surface area contributed by atoms with Gasteiger partial charge in [0.25, 0.3) is 5.56 Å². The molecule has 0 atom stereocenters. The molecule has 3 N–H and O–H groups in total. The summed E-state index contributed by atoms with van der Waals surface area (Å²) >= 11 is 0. The Morgan fingerprint density at radius 3 is 2.20 bits per heavy atom. The van der Waals surface area contributed by atoms with E-state index in [1.54, 1.807) is 0 Å². The molecule has 9 heteroatoms. The van der Waals surface area contributed by atoms with E-state index < -0.39 is 23.4 Å². The molecule has 1 heterocycles. The van der Waals surface area contributed by atoms with Crippen molar-refractivity contribution in [2.45, 2.75) is 64.0 Å². The highest BCUT2D eigenvalue weighted by molar-refractivity contribution is 5.66. The number of nitrogens with one attached hydrogen (secondary N) is 2. The molecule has 142 valence electrons. The number of carboxylic acid groups (broad SMARTS) is 1. The fraction of sp³-hybridized carbons (Fsp3) is 0.688. The maximum atomic E-state index is 12.6. The molecule has 0 bridgehead atoms. The normalized spacial score (nSPS) is 11.5. The molecule has 0 spiro atoms. The summed E-state index contributed by atoms with van der Waals surface area (Å²) in [4.78, 5) is 27.1. The van der Waals surface area contributed by atoms with Crippen molar-refractivity contribution in [3.63, 3.8) is 0 Å². The molecule has 0 fully saturated rings. The van der Waals surface area contributed by atoms with Crippen molar-refractivity contribution in [1.29, 1.82) is 0 Å². The van der Waals surface area contributed by atoms with Gasteiger partial charge in [-0.05, 0) is 12.8 Å². The highest BCUT2D eigenvalue weighted by atomic mass is 19.4. The monoisotopic (exact) mass is 363 g/mol. The van der Waals surface area contributed by atoms with Crippen LogP contribution < -0.4 is 10.9 Å². The lowest BCUT2D eigenvalue weighted by molar-refractivity contribution is -0.141. The number of anilines is 1. The number of hydrogen-bond donors (Lipinski definition) is 3. The first-order valence-electron chi connectivity index (χ1n) is 8.43. The number of unbranched alkanes of at least 4 members (excludes halogenated alkanes) is 7. The van der Waals surface area contributed by atoms with E-state index in [0.29, 0.717) is 19.0 Å². The van der Waals surface area contributed by atoms with Crippen LogP contribution in [0.2, 0.25) is 0 Å². The Bertz CT molecular complexity index is 588. The summed E-state index contributed by atoms with van der Waals surface area (Å²) in [5, 5.41) is 11.2. The fourth-order valence-electron chi connectivity index (χ4n) is 2.36. The van der Waals surface area contributed by atoms with Gasteiger partial charge < -0.3 is 10.4 Å². The van der Waals surface area contributed by atoms with E-state index in [-0.39, 0.29) is 12.4 Å². The van der Waals surface area contributed by atoms with Crippen molar-refractivity contribution >= 4 is 11.9 Å². The van der Waals surface area contributed by atoms with Crippen molar-refractivity contribution in [2.75, 3.05) is 11.9 Å². The number of H-pyrrole nitrogens is 1. The number of aliphatic carboxylic acids is 1. The molecule has 0 aromatic carbocycles. The SMILES string of the molecule is O=C(O)CCCCCCCCCCNc1nc(C(F)(F)F)cc(=O)[nH]1. The minimum Gasteiger partial charge on any atom is -0.481 e. The number of rotatable bonds is 12. The molecule has 0 aliphatic carbocycles. The predicted octanol–water partition coefficient (Wildman–Crippen LogP) is 3.80. The molecule has 1 aromatic rings. The second kappa shape index (κ2) is 10.7. The molecule has 25 heavy (non-hydrogen) atoms. The average Bonchev–Trinajstić information content (AvgIpc) is 2.51. The van der Waals surface area contributed by atoms with E-state index in [4.69, 9.17) is 5.11 Å². The summed E-state index contributed by atoms with van der Waals surface area (Å²) in [5.41, 5.74) is -2.05. The van der Waals surface area contributed by atoms with E-state index in [9.17, 15) is 22.8 Å². The molecular formula is C16H24F3N3O3. The lowest BCUT2D eigenvalue weighted by Crippen LogP contribution is -2.19. The molecule has 0 amide bonds. The Hall–Kier alpha value is -2.06. The Labute approximate surface area is 143 Å². The van der Waals surface area contributed by atoms with E-state index >= 15 is 0 Å². The van der Waals surface area contributed by atoms with Crippen LogP contribution in [0.5, 0.6) is 0 Å². The minimum absolute atomic E-state index is 0.168. The zero-order valence-corrected chi connectivity index (χ0v) is 14.0. The van der Waals surface area contributed by atoms with E-state index in [0.717, 1.165) is 44.9 Å². The second-order valence-electron chi connectivity index (χ2n) is 5.88. The third kappa shape index (κ3) is 9.73. The summed E-state index contributed by atoms with van der Waals surface area (Å²) in [6, 6.07) is 0.432. The van der Waals surface area contributed by atoms with Crippen LogP contribution in [0.15, 0.2) is 10.9 Å². The maximum Gasteiger partial charge on any atom is 0.433 e. The van der Waals surface area contributed by atoms with Crippen LogP contribution in [0.4, 0.5) is 19.1 Å². The van der Waals surface area contributed by atoms with E-state index in [2.05, 4.69) is 15.3 Å². The number of aromatic nitrogens is 2. The van der Waals surface area contributed by atoms with Gasteiger partial charge in [0.05, 0.1) is 0 Å². The Morgan fingerprint density at radius 2 is 1.64 bits per heavy atom. The van der Waals surface area contributed by atoms with Crippen LogP contribution in [-0.2, 0) is 11.0 Å². The average molecular weight is 363 g/mol. The van der Waals surface area contributed by atoms with Crippen LogP contribution in [0.1, 0.15) is 63.5 Å². The molecule has 0 radical (unpaired) electrons. The van der Waals surface area contributed by atoms with Crippen molar-refractivity contribution in [2.24, 2.45) is 0 Å². The molecular weight excluding hydrogens is 339 g/mol. The Morgan fingerprint density at radius 1 is 1.08 bits per heavy atom. The summed E-state index contributed by atoms with van der Waals surface area (Å²) in [7, 11) is 0. The molecule has 0 aliphatic heterocycles. The van der Waals surface area contributed by atoms with Gasteiger partial charge in [-0.3, -0.25) is 14.6 Å². The number of hydrogen-bond acceptors (Lipinski definition) is 4. The standard InChI is InChI=1S/C16H24F3N3O3/c17-16(18,19)12-11-13(23)22-15(21-12)20-10-8-6-4-2-1-3-5-7-9-14(24)25/h11H,1-10H2,(H,24,25)(H2,20,21,22,23). The highest BCUT2D eigenvalue weighted by Crippen LogP contribution is 2.26. The smallest absolute Gasteiger partial charge is 0.433 e. The van der Waals surface area contributed by atoms with Crippen LogP contribution in [0, 0.1) is 0 Å². The van der Waals surface area contributed by atoms with E-state index in [1.165, 1.54) is 0 Å². The van der Waals surface area contributed by atoms with Gasteiger partial charge in [-0.25, -0.2) is 4.98 Å². The first kappa shape index (κ1) is 21.0. The largest absolute Gasteiger partial charge is 0.481 e.